The molecule has 0 fully saturated rings. The second-order valence-electron chi connectivity index (χ2n) is 19.9. The molecule has 2 aliphatic heterocycles. The van der Waals surface area contributed by atoms with E-state index in [4.69, 9.17) is 27.8 Å². The van der Waals surface area contributed by atoms with Crippen LogP contribution in [0.5, 0.6) is 23.0 Å². The highest BCUT2D eigenvalue weighted by Crippen LogP contribution is 2.41. The summed E-state index contributed by atoms with van der Waals surface area (Å²) in [6, 6.07) is 5.42. The molecule has 0 aromatic heterocycles. The maximum Gasteiger partial charge on any atom is 0.409 e. The molecule has 65 heavy (non-hydrogen) atoms. The van der Waals surface area contributed by atoms with Crippen LogP contribution in [0.4, 0.5) is 21.0 Å². The molecule has 0 saturated carbocycles. The van der Waals surface area contributed by atoms with Crippen molar-refractivity contribution in [3.63, 3.8) is 0 Å². The number of benzene rings is 2. The van der Waals surface area contributed by atoms with Gasteiger partial charge < -0.3 is 47.8 Å². The van der Waals surface area contributed by atoms with E-state index >= 15 is 0 Å². The monoisotopic (exact) mass is 940 g/mol. The number of amides is 4. The molecule has 0 radical (unpaired) electrons. The Balaban J connectivity index is 1.40. The van der Waals surface area contributed by atoms with Gasteiger partial charge in [-0.3, -0.25) is 20.2 Å². The molecule has 4 rings (SSSR count). The van der Waals surface area contributed by atoms with Crippen LogP contribution in [0, 0.1) is 0 Å². The predicted octanol–water partition coefficient (Wildman–Crippen LogP) is 10.8. The van der Waals surface area contributed by atoms with Gasteiger partial charge in [-0.2, -0.15) is 0 Å². The number of methoxy groups -OCH3 is 2. The molecular formula is C47H72N4O12Si2. The molecule has 0 saturated heterocycles. The van der Waals surface area contributed by atoms with Crippen molar-refractivity contribution in [1.82, 2.24) is 9.80 Å². The number of hydrogen-bond acceptors (Lipinski definition) is 10. The summed E-state index contributed by atoms with van der Waals surface area (Å²) < 4.78 is 36.4. The molecule has 18 heteroatoms. The van der Waals surface area contributed by atoms with Gasteiger partial charge in [0, 0.05) is 24.5 Å². The largest absolute Gasteiger partial charge is 0.493 e. The third-order valence-electron chi connectivity index (χ3n) is 12.8. The minimum absolute atomic E-state index is 0.00613. The van der Waals surface area contributed by atoms with Crippen LogP contribution in [0.25, 0.3) is 0 Å². The third-order valence-corrected chi connectivity index (χ3v) is 21.8. The second kappa shape index (κ2) is 21.5. The first-order valence-corrected chi connectivity index (χ1v) is 28.0. The van der Waals surface area contributed by atoms with Gasteiger partial charge in [0.05, 0.1) is 75.2 Å². The summed E-state index contributed by atoms with van der Waals surface area (Å²) in [6.45, 7) is 26.7. The lowest BCUT2D eigenvalue weighted by Crippen LogP contribution is -2.45. The van der Waals surface area contributed by atoms with Crippen LogP contribution in [-0.4, -0.2) is 113 Å². The molecule has 360 valence electrons. The lowest BCUT2D eigenvalue weighted by Gasteiger charge is -2.38. The van der Waals surface area contributed by atoms with Gasteiger partial charge in [0.2, 0.25) is 0 Å². The molecule has 2 heterocycles. The van der Waals surface area contributed by atoms with Crippen LogP contribution in [0.1, 0.15) is 108 Å². The van der Waals surface area contributed by atoms with Crippen LogP contribution in [0.2, 0.25) is 36.3 Å². The highest BCUT2D eigenvalue weighted by Gasteiger charge is 2.41. The molecule has 2 aromatic rings. The maximum absolute atomic E-state index is 14.1. The smallest absolute Gasteiger partial charge is 0.409 e. The molecule has 2 atom stereocenters. The quantitative estimate of drug-likeness (QED) is 0.0726. The molecule has 0 aliphatic carbocycles. The normalized spacial score (nSPS) is 16.8. The van der Waals surface area contributed by atoms with E-state index < -0.39 is 40.6 Å². The van der Waals surface area contributed by atoms with Crippen molar-refractivity contribution in [1.29, 1.82) is 0 Å². The summed E-state index contributed by atoms with van der Waals surface area (Å²) in [4.78, 5) is 55.3. The van der Waals surface area contributed by atoms with Gasteiger partial charge in [-0.15, -0.1) is 0 Å². The minimum atomic E-state index is -2.10. The predicted molar refractivity (Wildman–Crippen MR) is 257 cm³/mol. The molecular weight excluding hydrogens is 869 g/mol. The summed E-state index contributed by atoms with van der Waals surface area (Å²) in [6.07, 6.45) is 4.03. The van der Waals surface area contributed by atoms with Gasteiger partial charge in [0.15, 0.2) is 39.6 Å². The third kappa shape index (κ3) is 13.5. The molecule has 0 bridgehead atoms. The number of nitrogens with one attached hydrogen (secondary N) is 2. The zero-order valence-corrected chi connectivity index (χ0v) is 42.9. The van der Waals surface area contributed by atoms with Gasteiger partial charge in [-0.25, -0.2) is 9.59 Å². The van der Waals surface area contributed by atoms with Crippen LogP contribution in [0.3, 0.4) is 0 Å². The average Bonchev–Trinajstić information content (AvgIpc) is 3.78. The Bertz CT molecular complexity index is 1980. The summed E-state index contributed by atoms with van der Waals surface area (Å²) in [5, 5.41) is 24.2. The van der Waals surface area contributed by atoms with E-state index in [1.54, 1.807) is 22.2 Å². The SMILES string of the molecule is COc1cc(C(=O)N2C=C(C)C[C@H]2CO[Si](C)(C)C(C)(C)C)c(NC(=O)O)cc1OCCCCCOc1cc(NC(=O)O)c(C(=O)N2C=C(C)C[C@H]2CO[Si](C)(C)C(C)(C)C)cc1OC. The number of ether oxygens (including phenoxy) is 4. The van der Waals surface area contributed by atoms with Crippen LogP contribution in [-0.2, 0) is 8.85 Å². The molecule has 4 N–H and O–H groups in total. The van der Waals surface area contributed by atoms with Crippen molar-refractivity contribution in [2.45, 2.75) is 136 Å². The Hall–Kier alpha value is -5.05. The Kier molecular flexibility index (Phi) is 17.4. The Labute approximate surface area is 386 Å². The van der Waals surface area contributed by atoms with E-state index in [0.29, 0.717) is 45.3 Å². The van der Waals surface area contributed by atoms with E-state index in [1.165, 1.54) is 38.5 Å². The lowest BCUT2D eigenvalue weighted by atomic mass is 10.1. The number of carbonyl (C=O) groups excluding carboxylic acids is 2. The average molecular weight is 941 g/mol. The standard InChI is InChI=1S/C47H72N4O12Si2/c1-30-20-32(28-62-64(11,12)46(3,4)5)50(26-30)42(52)34-22-38(58-9)40(24-36(34)48-44(54)55)60-18-16-15-17-19-61-41-25-37(49-45(56)57)35(23-39(41)59-10)43(53)51-27-31(2)21-33(51)29-63-65(13,14)47(6,7)8/h22-27,32-33,48-49H,15-21,28-29H2,1-14H3,(H,54,55)(H,56,57)/t32-,33-/m0/s1. The van der Waals surface area contributed by atoms with Crippen molar-refractivity contribution in [2.75, 3.05) is 51.3 Å². The van der Waals surface area contributed by atoms with E-state index in [1.807, 2.05) is 13.8 Å². The number of nitrogens with zero attached hydrogens (tertiary/aromatic N) is 2. The minimum Gasteiger partial charge on any atom is -0.493 e. The topological polar surface area (TPSA) is 195 Å². The molecule has 4 amide bonds. The van der Waals surface area contributed by atoms with E-state index in [2.05, 4.69) is 78.4 Å². The fraction of sp³-hybridized carbons (Fsp3) is 0.574. The molecule has 2 aliphatic rings. The second-order valence-corrected chi connectivity index (χ2v) is 29.6. The summed E-state index contributed by atoms with van der Waals surface area (Å²) in [7, 11) is -1.30. The number of unbranched alkanes of at least 4 members (excludes halogenated alkanes) is 2. The van der Waals surface area contributed by atoms with Crippen molar-refractivity contribution in [3.8, 4) is 23.0 Å². The van der Waals surface area contributed by atoms with E-state index in [-0.39, 0.29) is 80.9 Å². The Morgan fingerprint density at radius 2 is 0.969 bits per heavy atom. The van der Waals surface area contributed by atoms with E-state index in [0.717, 1.165) is 11.1 Å². The van der Waals surface area contributed by atoms with Gasteiger partial charge in [0.25, 0.3) is 11.8 Å². The van der Waals surface area contributed by atoms with E-state index in [9.17, 15) is 29.4 Å². The number of rotatable bonds is 20. The Morgan fingerprint density at radius 3 is 1.28 bits per heavy atom. The zero-order chi connectivity index (χ0) is 48.7. The first-order chi connectivity index (χ1) is 30.2. The van der Waals surface area contributed by atoms with Crippen molar-refractivity contribution >= 4 is 52.0 Å². The van der Waals surface area contributed by atoms with Crippen molar-refractivity contribution in [2.24, 2.45) is 0 Å². The van der Waals surface area contributed by atoms with Gasteiger partial charge in [0.1, 0.15) is 0 Å². The molecule has 2 aromatic carbocycles. The summed E-state index contributed by atoms with van der Waals surface area (Å²) in [5.41, 5.74) is 2.39. The highest BCUT2D eigenvalue weighted by molar-refractivity contribution is 6.74. The van der Waals surface area contributed by atoms with Crippen LogP contribution < -0.4 is 29.6 Å². The zero-order valence-electron chi connectivity index (χ0n) is 40.9. The van der Waals surface area contributed by atoms with Crippen LogP contribution in [0.15, 0.2) is 47.8 Å². The molecule has 0 unspecified atom stereocenters. The molecule has 16 nitrogen and oxygen atoms in total. The summed E-state index contributed by atoms with van der Waals surface area (Å²) in [5.74, 6) is 0.291. The summed E-state index contributed by atoms with van der Waals surface area (Å²) >= 11 is 0. The van der Waals surface area contributed by atoms with Crippen molar-refractivity contribution in [3.05, 3.63) is 58.9 Å². The first kappa shape index (κ1) is 52.6. The van der Waals surface area contributed by atoms with Gasteiger partial charge in [-0.1, -0.05) is 52.7 Å². The lowest BCUT2D eigenvalue weighted by molar-refractivity contribution is 0.0731. The first-order valence-electron chi connectivity index (χ1n) is 22.2. The Morgan fingerprint density at radius 1 is 0.615 bits per heavy atom. The van der Waals surface area contributed by atoms with Gasteiger partial charge >= 0.3 is 12.2 Å². The number of hydrogen-bond donors (Lipinski definition) is 4. The maximum atomic E-state index is 14.1. The van der Waals surface area contributed by atoms with Crippen molar-refractivity contribution < 1.29 is 57.2 Å². The van der Waals surface area contributed by atoms with Gasteiger partial charge in [-0.05, 0) is 94.3 Å². The number of carbonyl (C=O) groups is 4. The number of anilines is 2. The molecule has 0 spiro atoms. The van der Waals surface area contributed by atoms with Crippen LogP contribution >= 0.6 is 0 Å². The fourth-order valence-corrected chi connectivity index (χ4v) is 9.06. The highest BCUT2D eigenvalue weighted by atomic mass is 28.4. The number of carboxylic acid groups (broad SMARTS) is 2. The fourth-order valence-electron chi connectivity index (χ4n) is 6.98.